The quantitative estimate of drug-likeness (QED) is 0.657. The summed E-state index contributed by atoms with van der Waals surface area (Å²) >= 11 is 0. The van der Waals surface area contributed by atoms with Crippen molar-refractivity contribution >= 4 is 5.91 Å². The Morgan fingerprint density at radius 1 is 1.43 bits per heavy atom. The number of unbranched alkanes of at least 4 members (excludes halogenated alkanes) is 1. The maximum absolute atomic E-state index is 11.4. The van der Waals surface area contributed by atoms with Gasteiger partial charge in [-0.3, -0.25) is 4.79 Å². The lowest BCUT2D eigenvalue weighted by Crippen LogP contribution is -2.34. The van der Waals surface area contributed by atoms with Gasteiger partial charge in [-0.15, -0.1) is 0 Å². The zero-order chi connectivity index (χ0) is 11.0. The molecule has 0 rings (SSSR count). The van der Waals surface area contributed by atoms with E-state index in [0.29, 0.717) is 19.0 Å². The van der Waals surface area contributed by atoms with Crippen LogP contribution in [0.5, 0.6) is 0 Å². The molecule has 0 bridgehead atoms. The zero-order valence-electron chi connectivity index (χ0n) is 9.68. The maximum atomic E-state index is 11.4. The molecule has 84 valence electrons. The smallest absolute Gasteiger partial charge is 0.220 e. The third-order valence-corrected chi connectivity index (χ3v) is 2.33. The molecule has 0 heterocycles. The van der Waals surface area contributed by atoms with Crippen LogP contribution in [0.25, 0.3) is 0 Å². The summed E-state index contributed by atoms with van der Waals surface area (Å²) in [6, 6.07) is 0.299. The largest absolute Gasteiger partial charge is 0.354 e. The number of carbonyl (C=O) groups excluding carboxylic acids is 1. The van der Waals surface area contributed by atoms with Gasteiger partial charge < -0.3 is 11.1 Å². The van der Waals surface area contributed by atoms with Gasteiger partial charge in [-0.1, -0.05) is 26.7 Å². The standard InChI is InChI=1S/C11H24N2O/c1-4-5-6-10(3)13-11(14)7-9(2)8-12/h9-10H,4-8,12H2,1-3H3,(H,13,14). The summed E-state index contributed by atoms with van der Waals surface area (Å²) in [4.78, 5) is 11.4. The first-order chi connectivity index (χ1) is 6.60. The van der Waals surface area contributed by atoms with Crippen molar-refractivity contribution in [1.82, 2.24) is 5.32 Å². The van der Waals surface area contributed by atoms with Crippen molar-refractivity contribution in [2.75, 3.05) is 6.54 Å². The molecule has 2 unspecified atom stereocenters. The highest BCUT2D eigenvalue weighted by molar-refractivity contribution is 5.76. The van der Waals surface area contributed by atoms with Crippen LogP contribution in [0.4, 0.5) is 0 Å². The van der Waals surface area contributed by atoms with E-state index in [1.807, 2.05) is 6.92 Å². The summed E-state index contributed by atoms with van der Waals surface area (Å²) in [6.45, 7) is 6.79. The van der Waals surface area contributed by atoms with Crippen molar-refractivity contribution in [3.8, 4) is 0 Å². The van der Waals surface area contributed by atoms with Crippen LogP contribution in [-0.2, 0) is 4.79 Å². The number of nitrogens with two attached hydrogens (primary N) is 1. The van der Waals surface area contributed by atoms with Crippen molar-refractivity contribution in [3.63, 3.8) is 0 Å². The van der Waals surface area contributed by atoms with E-state index in [4.69, 9.17) is 5.73 Å². The van der Waals surface area contributed by atoms with Crippen molar-refractivity contribution in [3.05, 3.63) is 0 Å². The number of hydrogen-bond donors (Lipinski definition) is 2. The summed E-state index contributed by atoms with van der Waals surface area (Å²) in [6.07, 6.45) is 3.97. The Morgan fingerprint density at radius 2 is 2.07 bits per heavy atom. The van der Waals surface area contributed by atoms with Crippen molar-refractivity contribution in [2.45, 2.75) is 52.5 Å². The molecular formula is C11H24N2O. The van der Waals surface area contributed by atoms with Crippen LogP contribution in [0, 0.1) is 5.92 Å². The number of hydrogen-bond acceptors (Lipinski definition) is 2. The summed E-state index contributed by atoms with van der Waals surface area (Å²) in [7, 11) is 0. The van der Waals surface area contributed by atoms with Crippen LogP contribution < -0.4 is 11.1 Å². The average Bonchev–Trinajstić information content (AvgIpc) is 2.14. The number of amides is 1. The molecule has 0 aliphatic rings. The molecule has 0 aliphatic heterocycles. The van der Waals surface area contributed by atoms with Crippen LogP contribution in [0.15, 0.2) is 0 Å². The van der Waals surface area contributed by atoms with Gasteiger partial charge in [-0.2, -0.15) is 0 Å². The first-order valence-corrected chi connectivity index (χ1v) is 5.59. The second-order valence-corrected chi connectivity index (χ2v) is 4.16. The van der Waals surface area contributed by atoms with Gasteiger partial charge in [-0.25, -0.2) is 0 Å². The summed E-state index contributed by atoms with van der Waals surface area (Å²) in [5, 5.41) is 2.99. The fourth-order valence-corrected chi connectivity index (χ4v) is 1.32. The van der Waals surface area contributed by atoms with Crippen LogP contribution in [-0.4, -0.2) is 18.5 Å². The molecular weight excluding hydrogens is 176 g/mol. The Balaban J connectivity index is 3.60. The molecule has 0 spiro atoms. The Kier molecular flexibility index (Phi) is 7.48. The minimum atomic E-state index is 0.131. The summed E-state index contributed by atoms with van der Waals surface area (Å²) in [5.74, 6) is 0.417. The van der Waals surface area contributed by atoms with E-state index in [2.05, 4.69) is 19.2 Å². The van der Waals surface area contributed by atoms with Crippen LogP contribution in [0.1, 0.15) is 46.5 Å². The number of carbonyl (C=O) groups is 1. The molecule has 0 saturated carbocycles. The molecule has 0 saturated heterocycles. The number of rotatable bonds is 7. The highest BCUT2D eigenvalue weighted by Crippen LogP contribution is 2.02. The van der Waals surface area contributed by atoms with Crippen LogP contribution in [0.2, 0.25) is 0 Å². The van der Waals surface area contributed by atoms with Gasteiger partial charge >= 0.3 is 0 Å². The van der Waals surface area contributed by atoms with Gasteiger partial charge in [0.15, 0.2) is 0 Å². The van der Waals surface area contributed by atoms with E-state index in [0.717, 1.165) is 6.42 Å². The van der Waals surface area contributed by atoms with E-state index in [9.17, 15) is 4.79 Å². The summed E-state index contributed by atoms with van der Waals surface area (Å²) < 4.78 is 0. The van der Waals surface area contributed by atoms with Gasteiger partial charge in [-0.05, 0) is 25.8 Å². The predicted octanol–water partition coefficient (Wildman–Crippen LogP) is 1.67. The Morgan fingerprint density at radius 3 is 2.57 bits per heavy atom. The third kappa shape index (κ3) is 6.89. The second-order valence-electron chi connectivity index (χ2n) is 4.16. The SMILES string of the molecule is CCCCC(C)NC(=O)CC(C)CN. The average molecular weight is 200 g/mol. The normalized spacial score (nSPS) is 14.9. The molecule has 0 fully saturated rings. The molecule has 3 nitrogen and oxygen atoms in total. The molecule has 2 atom stereocenters. The van der Waals surface area contributed by atoms with E-state index in [-0.39, 0.29) is 11.8 Å². The monoisotopic (exact) mass is 200 g/mol. The zero-order valence-corrected chi connectivity index (χ0v) is 9.68. The first kappa shape index (κ1) is 13.4. The highest BCUT2D eigenvalue weighted by atomic mass is 16.1. The Labute approximate surface area is 87.4 Å². The molecule has 0 aromatic carbocycles. The van der Waals surface area contributed by atoms with Gasteiger partial charge in [0.05, 0.1) is 0 Å². The fraction of sp³-hybridized carbons (Fsp3) is 0.909. The molecule has 1 amide bonds. The van der Waals surface area contributed by atoms with E-state index >= 15 is 0 Å². The highest BCUT2D eigenvalue weighted by Gasteiger charge is 2.09. The molecule has 3 heteroatoms. The number of nitrogens with one attached hydrogen (secondary N) is 1. The Hall–Kier alpha value is -0.570. The van der Waals surface area contributed by atoms with E-state index < -0.39 is 0 Å². The molecule has 0 aromatic heterocycles. The van der Waals surface area contributed by atoms with Crippen molar-refractivity contribution in [1.29, 1.82) is 0 Å². The van der Waals surface area contributed by atoms with Crippen LogP contribution >= 0.6 is 0 Å². The molecule has 0 aliphatic carbocycles. The lowest BCUT2D eigenvalue weighted by Gasteiger charge is -2.15. The Bertz CT molecular complexity index is 159. The van der Waals surface area contributed by atoms with Gasteiger partial charge in [0.2, 0.25) is 5.91 Å². The lowest BCUT2D eigenvalue weighted by molar-refractivity contribution is -0.122. The van der Waals surface area contributed by atoms with E-state index in [1.54, 1.807) is 0 Å². The lowest BCUT2D eigenvalue weighted by atomic mass is 10.1. The second kappa shape index (κ2) is 7.80. The molecule has 0 radical (unpaired) electrons. The molecule has 0 aromatic rings. The third-order valence-electron chi connectivity index (χ3n) is 2.33. The van der Waals surface area contributed by atoms with Crippen molar-refractivity contribution < 1.29 is 4.79 Å². The van der Waals surface area contributed by atoms with Gasteiger partial charge in [0.1, 0.15) is 0 Å². The predicted molar refractivity (Wildman–Crippen MR) is 60.0 cm³/mol. The molecule has 14 heavy (non-hydrogen) atoms. The summed E-state index contributed by atoms with van der Waals surface area (Å²) in [5.41, 5.74) is 5.45. The van der Waals surface area contributed by atoms with E-state index in [1.165, 1.54) is 12.8 Å². The van der Waals surface area contributed by atoms with Crippen molar-refractivity contribution in [2.24, 2.45) is 11.7 Å². The minimum absolute atomic E-state index is 0.131. The van der Waals surface area contributed by atoms with Gasteiger partial charge in [0.25, 0.3) is 0 Å². The minimum Gasteiger partial charge on any atom is -0.354 e. The fourth-order valence-electron chi connectivity index (χ4n) is 1.32. The molecule has 3 N–H and O–H groups in total. The van der Waals surface area contributed by atoms with Gasteiger partial charge in [0, 0.05) is 12.5 Å². The van der Waals surface area contributed by atoms with Crippen LogP contribution in [0.3, 0.4) is 0 Å². The maximum Gasteiger partial charge on any atom is 0.220 e. The first-order valence-electron chi connectivity index (χ1n) is 5.59. The topological polar surface area (TPSA) is 55.1 Å².